The Labute approximate surface area is 343 Å². The van der Waals surface area contributed by atoms with E-state index in [-0.39, 0.29) is 0 Å². The third-order valence-electron chi connectivity index (χ3n) is 12.8. The molecule has 1 aliphatic heterocycles. The van der Waals surface area contributed by atoms with Gasteiger partial charge in [0.2, 0.25) is 0 Å². The van der Waals surface area contributed by atoms with Crippen LogP contribution in [-0.2, 0) is 0 Å². The minimum Gasteiger partial charge on any atom is -0.356 e. The van der Waals surface area contributed by atoms with E-state index in [1.54, 1.807) is 0 Å². The molecule has 0 amide bonds. The van der Waals surface area contributed by atoms with Crippen molar-refractivity contribution >= 4 is 0 Å². The smallest absolute Gasteiger partial charge is 0.101 e. The van der Waals surface area contributed by atoms with E-state index in [4.69, 9.17) is 0 Å². The molecule has 0 saturated heterocycles. The standard InChI is InChI=1S/C52H104N2/c1-4-7-10-13-16-19-22-25-27-28-29-32-35-38-41-44-47-52-53(48-45-42-39-36-33-30-24-21-18-15-12-9-6-3)50-51-54(52)49-46-43-40-37-34-31-26-23-20-17-14-11-8-5-2/h50-52H,4-49H2,1-3H3. The largest absolute Gasteiger partial charge is 0.356 e. The molecule has 0 N–H and O–H groups in total. The van der Waals surface area contributed by atoms with Crippen LogP contribution >= 0.6 is 0 Å². The van der Waals surface area contributed by atoms with E-state index in [9.17, 15) is 0 Å². The maximum atomic E-state index is 2.74. The highest BCUT2D eigenvalue weighted by atomic mass is 15.4. The molecule has 0 bridgehead atoms. The van der Waals surface area contributed by atoms with Crippen molar-refractivity contribution in [2.45, 2.75) is 309 Å². The quantitative estimate of drug-likeness (QED) is 0.0571. The zero-order valence-corrected chi connectivity index (χ0v) is 38.2. The average Bonchev–Trinajstić information content (AvgIpc) is 3.57. The Balaban J connectivity index is 2.20. The van der Waals surface area contributed by atoms with Gasteiger partial charge in [0, 0.05) is 25.5 Å². The van der Waals surface area contributed by atoms with Crippen LogP contribution in [0.1, 0.15) is 303 Å². The molecule has 0 saturated carbocycles. The van der Waals surface area contributed by atoms with Gasteiger partial charge in [-0.05, 0) is 25.7 Å². The number of nitrogens with zero attached hydrogens (tertiary/aromatic N) is 2. The van der Waals surface area contributed by atoms with E-state index >= 15 is 0 Å². The summed E-state index contributed by atoms with van der Waals surface area (Å²) in [5.74, 6) is 0. The van der Waals surface area contributed by atoms with Crippen molar-refractivity contribution in [1.29, 1.82) is 0 Å². The predicted molar refractivity (Wildman–Crippen MR) is 247 cm³/mol. The minimum absolute atomic E-state index is 0.635. The molecule has 0 aromatic heterocycles. The fourth-order valence-electron chi connectivity index (χ4n) is 9.02. The zero-order valence-electron chi connectivity index (χ0n) is 38.2. The first-order valence-corrected chi connectivity index (χ1v) is 26.0. The Kier molecular flexibility index (Phi) is 41.3. The van der Waals surface area contributed by atoms with Gasteiger partial charge in [-0.1, -0.05) is 278 Å². The molecule has 0 aromatic rings. The molecule has 322 valence electrons. The molecule has 0 aliphatic carbocycles. The molecule has 0 radical (unpaired) electrons. The Morgan fingerprint density at radius 2 is 0.426 bits per heavy atom. The lowest BCUT2D eigenvalue weighted by atomic mass is 10.0. The van der Waals surface area contributed by atoms with Crippen LogP contribution in [0.15, 0.2) is 12.4 Å². The molecule has 1 aliphatic rings. The van der Waals surface area contributed by atoms with Crippen molar-refractivity contribution in [3.05, 3.63) is 12.4 Å². The Morgan fingerprint density at radius 3 is 0.648 bits per heavy atom. The highest BCUT2D eigenvalue weighted by molar-refractivity contribution is 4.97. The second-order valence-corrected chi connectivity index (χ2v) is 18.2. The molecular weight excluding hydrogens is 653 g/mol. The van der Waals surface area contributed by atoms with E-state index in [1.807, 2.05) is 0 Å². The monoisotopic (exact) mass is 757 g/mol. The number of rotatable bonds is 46. The van der Waals surface area contributed by atoms with Crippen LogP contribution in [0.3, 0.4) is 0 Å². The highest BCUT2D eigenvalue weighted by Gasteiger charge is 2.25. The van der Waals surface area contributed by atoms with Crippen molar-refractivity contribution in [3.8, 4) is 0 Å². The van der Waals surface area contributed by atoms with Gasteiger partial charge in [0.05, 0.1) is 0 Å². The van der Waals surface area contributed by atoms with Crippen LogP contribution in [-0.4, -0.2) is 29.1 Å². The Hall–Kier alpha value is -0.660. The fourth-order valence-corrected chi connectivity index (χ4v) is 9.02. The highest BCUT2D eigenvalue weighted by Crippen LogP contribution is 2.24. The van der Waals surface area contributed by atoms with Crippen molar-refractivity contribution in [2.75, 3.05) is 13.1 Å². The van der Waals surface area contributed by atoms with Gasteiger partial charge in [-0.15, -0.1) is 0 Å². The van der Waals surface area contributed by atoms with Crippen molar-refractivity contribution < 1.29 is 0 Å². The molecule has 1 atom stereocenters. The first-order chi connectivity index (χ1) is 26.8. The topological polar surface area (TPSA) is 6.48 Å². The zero-order chi connectivity index (χ0) is 38.7. The molecule has 1 rings (SSSR count). The fraction of sp³-hybridized carbons (Fsp3) is 0.962. The van der Waals surface area contributed by atoms with Gasteiger partial charge in [0.1, 0.15) is 6.17 Å². The normalized spacial score (nSPS) is 14.3. The second kappa shape index (κ2) is 43.5. The van der Waals surface area contributed by atoms with Gasteiger partial charge in [-0.2, -0.15) is 0 Å². The summed E-state index contributed by atoms with van der Waals surface area (Å²) in [6, 6.07) is 0. The van der Waals surface area contributed by atoms with E-state index in [1.165, 1.54) is 296 Å². The summed E-state index contributed by atoms with van der Waals surface area (Å²) in [5.41, 5.74) is 0. The minimum atomic E-state index is 0.635. The summed E-state index contributed by atoms with van der Waals surface area (Å²) >= 11 is 0. The maximum Gasteiger partial charge on any atom is 0.101 e. The summed E-state index contributed by atoms with van der Waals surface area (Å²) in [6.45, 7) is 9.50. The number of unbranched alkanes of at least 4 members (excludes halogenated alkanes) is 40. The molecule has 0 aromatic carbocycles. The summed E-state index contributed by atoms with van der Waals surface area (Å²) in [4.78, 5) is 5.49. The van der Waals surface area contributed by atoms with Crippen LogP contribution in [0.2, 0.25) is 0 Å². The van der Waals surface area contributed by atoms with E-state index in [0.717, 1.165) is 0 Å². The molecule has 2 nitrogen and oxygen atoms in total. The lowest BCUT2D eigenvalue weighted by Crippen LogP contribution is -2.39. The van der Waals surface area contributed by atoms with E-state index in [0.29, 0.717) is 6.17 Å². The summed E-state index contributed by atoms with van der Waals surface area (Å²) in [7, 11) is 0. The number of hydrogen-bond acceptors (Lipinski definition) is 2. The molecule has 2 heteroatoms. The third kappa shape index (κ3) is 34.6. The molecule has 1 heterocycles. The van der Waals surface area contributed by atoms with Gasteiger partial charge >= 0.3 is 0 Å². The second-order valence-electron chi connectivity index (χ2n) is 18.2. The molecular formula is C52H104N2. The Bertz CT molecular complexity index is 717. The van der Waals surface area contributed by atoms with Crippen LogP contribution in [0, 0.1) is 0 Å². The SMILES string of the molecule is CCCCCCCCCCCCCCCCCCC1N(CCCCCCCCCCCCCCC)C=CN1CCCCCCCCCCCCCCCC. The summed E-state index contributed by atoms with van der Waals surface area (Å²) in [5, 5.41) is 0. The predicted octanol–water partition coefficient (Wildman–Crippen LogP) is 18.6. The molecule has 1 unspecified atom stereocenters. The maximum absolute atomic E-state index is 2.74. The Morgan fingerprint density at radius 1 is 0.241 bits per heavy atom. The van der Waals surface area contributed by atoms with Gasteiger partial charge in [-0.25, -0.2) is 0 Å². The molecule has 54 heavy (non-hydrogen) atoms. The molecule has 0 fully saturated rings. The lowest BCUT2D eigenvalue weighted by Gasteiger charge is -2.33. The number of hydrogen-bond donors (Lipinski definition) is 0. The van der Waals surface area contributed by atoms with Gasteiger partial charge < -0.3 is 9.80 Å². The van der Waals surface area contributed by atoms with Crippen molar-refractivity contribution in [1.82, 2.24) is 9.80 Å². The van der Waals surface area contributed by atoms with Gasteiger partial charge in [0.15, 0.2) is 0 Å². The van der Waals surface area contributed by atoms with Gasteiger partial charge in [0.25, 0.3) is 0 Å². The lowest BCUT2D eigenvalue weighted by molar-refractivity contribution is 0.135. The first-order valence-electron chi connectivity index (χ1n) is 26.0. The van der Waals surface area contributed by atoms with Gasteiger partial charge in [-0.3, -0.25) is 0 Å². The summed E-state index contributed by atoms with van der Waals surface area (Å²) < 4.78 is 0. The molecule has 0 spiro atoms. The first kappa shape index (κ1) is 51.4. The van der Waals surface area contributed by atoms with Crippen LogP contribution in [0.4, 0.5) is 0 Å². The van der Waals surface area contributed by atoms with Crippen LogP contribution < -0.4 is 0 Å². The van der Waals surface area contributed by atoms with Crippen LogP contribution in [0.25, 0.3) is 0 Å². The van der Waals surface area contributed by atoms with Crippen molar-refractivity contribution in [3.63, 3.8) is 0 Å². The summed E-state index contributed by atoms with van der Waals surface area (Å²) in [6.07, 6.45) is 69.3. The average molecular weight is 757 g/mol. The van der Waals surface area contributed by atoms with E-state index in [2.05, 4.69) is 43.0 Å². The van der Waals surface area contributed by atoms with Crippen molar-refractivity contribution in [2.24, 2.45) is 0 Å². The van der Waals surface area contributed by atoms with Crippen LogP contribution in [0.5, 0.6) is 0 Å². The van der Waals surface area contributed by atoms with E-state index < -0.39 is 0 Å². The third-order valence-corrected chi connectivity index (χ3v) is 12.8.